The summed E-state index contributed by atoms with van der Waals surface area (Å²) in [6, 6.07) is 49.0. The predicted molar refractivity (Wildman–Crippen MR) is 217 cm³/mol. The highest BCUT2D eigenvalue weighted by molar-refractivity contribution is 6.31. The van der Waals surface area contributed by atoms with Crippen LogP contribution in [0.4, 0.5) is 0 Å². The SMILES string of the molecule is CCOc1ccc(C(O)c2cc(C3O[C@H](COCc4ccccc4)[C@@H](OCc4ccccc4)C(OCc4ccccc4)C3OCc3ccccc3)ccc2Cl)nn1. The molecule has 1 aromatic heterocycles. The lowest BCUT2D eigenvalue weighted by atomic mass is 9.89. The molecule has 0 radical (unpaired) electrons. The zero-order valence-electron chi connectivity index (χ0n) is 31.8. The van der Waals surface area contributed by atoms with E-state index in [2.05, 4.69) is 10.2 Å². The van der Waals surface area contributed by atoms with Gasteiger partial charge in [0.15, 0.2) is 0 Å². The predicted octanol–water partition coefficient (Wildman–Crippen LogP) is 9.02. The number of aliphatic hydroxyl groups excluding tert-OH is 1. The molecule has 0 spiro atoms. The highest BCUT2D eigenvalue weighted by Gasteiger charge is 2.49. The fourth-order valence-corrected chi connectivity index (χ4v) is 7.09. The molecule has 294 valence electrons. The van der Waals surface area contributed by atoms with Crippen LogP contribution in [0.1, 0.15) is 58.2 Å². The van der Waals surface area contributed by atoms with Crippen molar-refractivity contribution in [1.29, 1.82) is 0 Å². The molecule has 6 atom stereocenters. The summed E-state index contributed by atoms with van der Waals surface area (Å²) in [4.78, 5) is 0. The normalized spacial score (nSPS) is 19.9. The molecule has 0 bridgehead atoms. The van der Waals surface area contributed by atoms with Crippen LogP contribution in [0.5, 0.6) is 5.88 Å². The molecule has 0 amide bonds. The molecule has 1 saturated heterocycles. The molecule has 1 N–H and O–H groups in total. The quantitative estimate of drug-likeness (QED) is 0.0915. The summed E-state index contributed by atoms with van der Waals surface area (Å²) in [5, 5.41) is 20.3. The molecule has 1 aliphatic rings. The van der Waals surface area contributed by atoms with Gasteiger partial charge >= 0.3 is 0 Å². The minimum Gasteiger partial charge on any atom is -0.477 e. The second kappa shape index (κ2) is 20.5. The van der Waals surface area contributed by atoms with Crippen molar-refractivity contribution in [2.45, 2.75) is 70.0 Å². The molecule has 10 heteroatoms. The Morgan fingerprint density at radius 1 is 0.614 bits per heavy atom. The zero-order chi connectivity index (χ0) is 39.2. The van der Waals surface area contributed by atoms with E-state index < -0.39 is 36.6 Å². The van der Waals surface area contributed by atoms with Crippen LogP contribution in [0.15, 0.2) is 152 Å². The van der Waals surface area contributed by atoms with Crippen molar-refractivity contribution in [1.82, 2.24) is 10.2 Å². The van der Waals surface area contributed by atoms with Crippen LogP contribution in [0.25, 0.3) is 0 Å². The van der Waals surface area contributed by atoms with Crippen molar-refractivity contribution in [3.63, 3.8) is 0 Å². The van der Waals surface area contributed by atoms with Crippen LogP contribution in [0.3, 0.4) is 0 Å². The minimum absolute atomic E-state index is 0.215. The molecule has 6 aromatic rings. The fourth-order valence-electron chi connectivity index (χ4n) is 6.87. The Morgan fingerprint density at radius 2 is 1.14 bits per heavy atom. The number of aliphatic hydroxyl groups is 1. The maximum atomic E-state index is 11.6. The number of hydrogen-bond acceptors (Lipinski definition) is 9. The summed E-state index contributed by atoms with van der Waals surface area (Å²) in [7, 11) is 0. The number of nitrogens with zero attached hydrogens (tertiary/aromatic N) is 2. The third-order valence-electron chi connectivity index (χ3n) is 9.76. The third-order valence-corrected chi connectivity index (χ3v) is 10.1. The van der Waals surface area contributed by atoms with E-state index in [0.717, 1.165) is 27.8 Å². The van der Waals surface area contributed by atoms with Gasteiger partial charge in [0, 0.05) is 16.7 Å². The van der Waals surface area contributed by atoms with Gasteiger partial charge in [0.25, 0.3) is 0 Å². The van der Waals surface area contributed by atoms with Gasteiger partial charge in [-0.15, -0.1) is 10.2 Å². The summed E-state index contributed by atoms with van der Waals surface area (Å²) in [5.41, 5.74) is 5.56. The summed E-state index contributed by atoms with van der Waals surface area (Å²) >= 11 is 6.79. The van der Waals surface area contributed by atoms with Gasteiger partial charge < -0.3 is 33.5 Å². The molecule has 1 fully saturated rings. The molecule has 1 aliphatic heterocycles. The molecular weight excluding hydrogens is 740 g/mol. The first-order valence-corrected chi connectivity index (χ1v) is 19.6. The van der Waals surface area contributed by atoms with Crippen molar-refractivity contribution < 1.29 is 33.5 Å². The smallest absolute Gasteiger partial charge is 0.233 e. The van der Waals surface area contributed by atoms with E-state index in [0.29, 0.717) is 55.2 Å². The Hall–Kier alpha value is -4.97. The fraction of sp³-hybridized carbons (Fsp3) is 0.277. The van der Waals surface area contributed by atoms with Gasteiger partial charge in [-0.1, -0.05) is 139 Å². The van der Waals surface area contributed by atoms with Gasteiger partial charge in [-0.2, -0.15) is 0 Å². The molecule has 0 aliphatic carbocycles. The number of halogens is 1. The second-order valence-corrected chi connectivity index (χ2v) is 14.2. The van der Waals surface area contributed by atoms with E-state index in [9.17, 15) is 5.11 Å². The van der Waals surface area contributed by atoms with Gasteiger partial charge in [-0.05, 0) is 52.9 Å². The van der Waals surface area contributed by atoms with E-state index in [1.165, 1.54) is 0 Å². The van der Waals surface area contributed by atoms with Crippen LogP contribution in [-0.2, 0) is 50.1 Å². The molecule has 2 heterocycles. The average molecular weight is 787 g/mol. The Kier molecular flexibility index (Phi) is 14.4. The van der Waals surface area contributed by atoms with E-state index >= 15 is 0 Å². The van der Waals surface area contributed by atoms with Crippen LogP contribution >= 0.6 is 11.6 Å². The van der Waals surface area contributed by atoms with Gasteiger partial charge in [0.1, 0.15) is 36.6 Å². The van der Waals surface area contributed by atoms with Gasteiger partial charge in [0.05, 0.1) is 45.3 Å². The third kappa shape index (κ3) is 10.9. The lowest BCUT2D eigenvalue weighted by Crippen LogP contribution is -2.58. The Labute approximate surface area is 339 Å². The first-order valence-electron chi connectivity index (χ1n) is 19.2. The monoisotopic (exact) mass is 786 g/mol. The van der Waals surface area contributed by atoms with Crippen molar-refractivity contribution >= 4 is 11.6 Å². The van der Waals surface area contributed by atoms with Crippen LogP contribution in [-0.4, -0.2) is 52.9 Å². The molecule has 7 rings (SSSR count). The van der Waals surface area contributed by atoms with Crippen molar-refractivity contribution in [2.24, 2.45) is 0 Å². The highest BCUT2D eigenvalue weighted by Crippen LogP contribution is 2.41. The first-order chi connectivity index (χ1) is 28.1. The van der Waals surface area contributed by atoms with Crippen molar-refractivity contribution in [3.05, 3.63) is 196 Å². The maximum absolute atomic E-state index is 11.6. The second-order valence-electron chi connectivity index (χ2n) is 13.8. The molecule has 5 aromatic carbocycles. The van der Waals surface area contributed by atoms with Gasteiger partial charge in [0.2, 0.25) is 5.88 Å². The van der Waals surface area contributed by atoms with Crippen molar-refractivity contribution in [2.75, 3.05) is 13.2 Å². The largest absolute Gasteiger partial charge is 0.477 e. The number of ether oxygens (including phenoxy) is 6. The van der Waals surface area contributed by atoms with E-state index in [-0.39, 0.29) is 6.61 Å². The van der Waals surface area contributed by atoms with E-state index in [1.54, 1.807) is 18.2 Å². The topological polar surface area (TPSA) is 101 Å². The summed E-state index contributed by atoms with van der Waals surface area (Å²) in [5.74, 6) is 0.369. The summed E-state index contributed by atoms with van der Waals surface area (Å²) in [6.07, 6.45) is -4.34. The number of aromatic nitrogens is 2. The van der Waals surface area contributed by atoms with Crippen molar-refractivity contribution in [3.8, 4) is 5.88 Å². The molecule has 4 unspecified atom stereocenters. The maximum Gasteiger partial charge on any atom is 0.233 e. The molecular formula is C47H47ClN2O7. The average Bonchev–Trinajstić information content (AvgIpc) is 3.26. The van der Waals surface area contributed by atoms with Crippen LogP contribution < -0.4 is 4.74 Å². The highest BCUT2D eigenvalue weighted by atomic mass is 35.5. The number of rotatable bonds is 18. The molecule has 57 heavy (non-hydrogen) atoms. The van der Waals surface area contributed by atoms with Gasteiger partial charge in [-0.3, -0.25) is 0 Å². The zero-order valence-corrected chi connectivity index (χ0v) is 32.6. The number of benzene rings is 5. The Balaban J connectivity index is 1.27. The van der Waals surface area contributed by atoms with Crippen LogP contribution in [0, 0.1) is 0 Å². The summed E-state index contributed by atoms with van der Waals surface area (Å²) < 4.78 is 39.6. The van der Waals surface area contributed by atoms with Crippen LogP contribution in [0.2, 0.25) is 5.02 Å². The molecule has 9 nitrogen and oxygen atoms in total. The standard InChI is InChI=1S/C47H47ClN2O7/c1-2-53-42-26-25-40(49-50-42)43(51)38-27-37(23-24-39(38)48)44-46(55-30-35-19-11-5-12-20-35)47(56-31-36-21-13-6-14-22-36)45(54-29-34-17-9-4-10-18-34)41(57-44)32-52-28-33-15-7-3-8-16-33/h3-27,41,43-47,51H,2,28-32H2,1H3/t41-,43?,44?,45-,46?,47?/m1/s1. The first kappa shape index (κ1) is 40.2. The summed E-state index contributed by atoms with van der Waals surface area (Å²) in [6.45, 7) is 3.86. The number of hydrogen-bond donors (Lipinski definition) is 1. The Bertz CT molecular complexity index is 2080. The minimum atomic E-state index is -1.18. The lowest BCUT2D eigenvalue weighted by Gasteiger charge is -2.46. The lowest BCUT2D eigenvalue weighted by molar-refractivity contribution is -0.275. The van der Waals surface area contributed by atoms with E-state index in [1.807, 2.05) is 140 Å². The van der Waals surface area contributed by atoms with Gasteiger partial charge in [-0.25, -0.2) is 0 Å². The van der Waals surface area contributed by atoms with E-state index in [4.69, 9.17) is 40.0 Å². The Morgan fingerprint density at radius 3 is 1.67 bits per heavy atom. The molecule has 0 saturated carbocycles.